The summed E-state index contributed by atoms with van der Waals surface area (Å²) in [6.45, 7) is 1.35. The van der Waals surface area contributed by atoms with Crippen molar-refractivity contribution in [2.45, 2.75) is 13.3 Å². The molecule has 0 aliphatic carbocycles. The van der Waals surface area contributed by atoms with Crippen LogP contribution in [0.3, 0.4) is 0 Å². The monoisotopic (exact) mass is 209 g/mol. The Morgan fingerprint density at radius 2 is 1.29 bits per heavy atom. The normalized spacial score (nSPS) is 8.64. The maximum absolute atomic E-state index is 8.66. The van der Waals surface area contributed by atoms with Crippen LogP contribution in [-0.4, -0.2) is 52.5 Å². The lowest BCUT2D eigenvalue weighted by Crippen LogP contribution is -2.32. The third kappa shape index (κ3) is 9.22. The molecule has 0 saturated carbocycles. The van der Waals surface area contributed by atoms with Crippen molar-refractivity contribution in [1.82, 2.24) is 0 Å². The Morgan fingerprint density at radius 1 is 1.07 bits per heavy atom. The van der Waals surface area contributed by atoms with Crippen LogP contribution in [0.25, 0.3) is 0 Å². The highest BCUT2D eigenvalue weighted by atomic mass is 16.3. The topological polar surface area (TPSA) is 125 Å². The molecule has 6 nitrogen and oxygen atoms in total. The van der Waals surface area contributed by atoms with Gasteiger partial charge in [0.05, 0.1) is 19.8 Å². The van der Waals surface area contributed by atoms with Gasteiger partial charge in [0.1, 0.15) is 0 Å². The maximum atomic E-state index is 8.66. The maximum Gasteiger partial charge on any atom is 0.283 e. The fourth-order valence-electron chi connectivity index (χ4n) is 0.485. The van der Waals surface area contributed by atoms with Crippen LogP contribution in [0.5, 0.6) is 0 Å². The van der Waals surface area contributed by atoms with Gasteiger partial charge in [-0.15, -0.1) is 0 Å². The minimum absolute atomic E-state index is 0.156. The van der Waals surface area contributed by atoms with Gasteiger partial charge >= 0.3 is 0 Å². The van der Waals surface area contributed by atoms with Gasteiger partial charge < -0.3 is 25.5 Å². The number of aliphatic hydroxyl groups excluding tert-OH is 5. The van der Waals surface area contributed by atoms with Crippen molar-refractivity contribution in [3.63, 3.8) is 0 Å². The van der Waals surface area contributed by atoms with E-state index >= 15 is 0 Å². The summed E-state index contributed by atoms with van der Waals surface area (Å²) in [5, 5.41) is 46.7. The van der Waals surface area contributed by atoms with E-state index in [2.05, 4.69) is 0 Å². The second-order valence-corrected chi connectivity index (χ2v) is 2.43. The number of nitriles is 1. The molecule has 0 aromatic rings. The predicted molar refractivity (Wildman–Crippen MR) is 49.7 cm³/mol. The fourth-order valence-corrected chi connectivity index (χ4v) is 0.485. The number of hydrogen-bond donors (Lipinski definition) is 5. The van der Waals surface area contributed by atoms with Gasteiger partial charge in [-0.25, -0.2) is 0 Å². The molecule has 0 aliphatic heterocycles. The first-order valence-corrected chi connectivity index (χ1v) is 3.96. The van der Waals surface area contributed by atoms with Crippen LogP contribution in [0.4, 0.5) is 0 Å². The number of hydrogen-bond acceptors (Lipinski definition) is 6. The Bertz CT molecular complexity index is 113. The van der Waals surface area contributed by atoms with Crippen molar-refractivity contribution in [3.8, 4) is 6.26 Å². The molecular formula is C8H19NO5. The highest BCUT2D eigenvalue weighted by molar-refractivity contribution is 4.74. The highest BCUT2D eigenvalue weighted by Gasteiger charge is 2.24. The molecule has 0 unspecified atom stereocenters. The van der Waals surface area contributed by atoms with Crippen LogP contribution in [-0.2, 0) is 0 Å². The second kappa shape index (κ2) is 14.6. The van der Waals surface area contributed by atoms with Crippen LogP contribution >= 0.6 is 0 Å². The van der Waals surface area contributed by atoms with E-state index in [1.165, 1.54) is 0 Å². The molecule has 0 aromatic carbocycles. The molecule has 0 amide bonds. The zero-order valence-corrected chi connectivity index (χ0v) is 8.51. The van der Waals surface area contributed by atoms with E-state index in [9.17, 15) is 0 Å². The second-order valence-electron chi connectivity index (χ2n) is 2.43. The lowest BCUT2D eigenvalue weighted by atomic mass is 9.88. The molecule has 0 aromatic heterocycles. The van der Waals surface area contributed by atoms with Crippen LogP contribution in [0.2, 0.25) is 0 Å². The van der Waals surface area contributed by atoms with Crippen LogP contribution in [0.15, 0.2) is 0 Å². The Labute approximate surface area is 83.7 Å². The summed E-state index contributed by atoms with van der Waals surface area (Å²) in [5.41, 5.74) is -0.667. The smallest absolute Gasteiger partial charge is 0.283 e. The number of nitrogens with zero attached hydrogens (tertiary/aromatic N) is 1. The number of aliphatic hydroxyl groups is 5. The number of rotatable bonds is 4. The van der Waals surface area contributed by atoms with E-state index in [4.69, 9.17) is 30.8 Å². The Morgan fingerprint density at radius 3 is 1.29 bits per heavy atom. The van der Waals surface area contributed by atoms with E-state index in [0.717, 1.165) is 13.4 Å². The first-order chi connectivity index (χ1) is 6.66. The molecule has 86 valence electrons. The van der Waals surface area contributed by atoms with Crippen molar-refractivity contribution < 1.29 is 25.5 Å². The van der Waals surface area contributed by atoms with E-state index in [1.807, 2.05) is 6.92 Å². The largest absolute Gasteiger partial charge is 0.443 e. The first-order valence-electron chi connectivity index (χ1n) is 3.96. The summed E-state index contributed by atoms with van der Waals surface area (Å²) in [5.74, 6) is 0. The van der Waals surface area contributed by atoms with Crippen molar-refractivity contribution in [2.75, 3.05) is 26.9 Å². The molecule has 0 atom stereocenters. The average molecular weight is 209 g/mol. The Kier molecular flexibility index (Phi) is 19.7. The van der Waals surface area contributed by atoms with Gasteiger partial charge in [-0.1, -0.05) is 6.92 Å². The third-order valence-corrected chi connectivity index (χ3v) is 1.76. The predicted octanol–water partition coefficient (Wildman–Crippen LogP) is -1.19. The Hall–Kier alpha value is -0.870. The van der Waals surface area contributed by atoms with Crippen LogP contribution in [0, 0.1) is 16.9 Å². The minimum Gasteiger partial charge on any atom is -0.443 e. The molecule has 0 saturated heterocycles. The molecular weight excluding hydrogens is 190 g/mol. The van der Waals surface area contributed by atoms with Crippen molar-refractivity contribution >= 4 is 0 Å². The average Bonchev–Trinajstić information content (AvgIpc) is 2.26. The van der Waals surface area contributed by atoms with E-state index in [-0.39, 0.29) is 19.8 Å². The third-order valence-electron chi connectivity index (χ3n) is 1.76. The molecule has 6 heteroatoms. The zero-order chi connectivity index (χ0) is 12.0. The first kappa shape index (κ1) is 18.8. The molecule has 0 rings (SSSR count). The molecule has 0 radical (unpaired) electrons. The lowest BCUT2D eigenvalue weighted by molar-refractivity contribution is 0.00304. The van der Waals surface area contributed by atoms with Crippen molar-refractivity contribution in [3.05, 3.63) is 0 Å². The van der Waals surface area contributed by atoms with Gasteiger partial charge in [0.2, 0.25) is 0 Å². The summed E-state index contributed by atoms with van der Waals surface area (Å²) in [6.07, 6.45) is 1.34. The van der Waals surface area contributed by atoms with Gasteiger partial charge in [-0.3, -0.25) is 0 Å². The molecule has 0 fully saturated rings. The summed E-state index contributed by atoms with van der Waals surface area (Å²) in [6, 6.07) is 0. The molecule has 0 bridgehead atoms. The van der Waals surface area contributed by atoms with E-state index in [1.54, 1.807) is 0 Å². The standard InChI is InChI=1S/C6H14O3.CHNO.CH4O/c1-2-6(3-7,4-8)5-9;2-1-3;1-2/h7-9H,2-5H2,1H3;3H;2H,1H3. The van der Waals surface area contributed by atoms with Gasteiger partial charge in [0.25, 0.3) is 6.26 Å². The summed E-state index contributed by atoms with van der Waals surface area (Å²) in [4.78, 5) is 0. The van der Waals surface area contributed by atoms with Crippen LogP contribution in [0.1, 0.15) is 13.3 Å². The minimum atomic E-state index is -0.667. The SMILES string of the molecule is CCC(CO)(CO)CO.CO.N#CO. The molecule has 0 spiro atoms. The zero-order valence-electron chi connectivity index (χ0n) is 8.51. The molecule has 0 heterocycles. The summed E-state index contributed by atoms with van der Waals surface area (Å²) in [7, 11) is 1.00. The van der Waals surface area contributed by atoms with Gasteiger partial charge in [-0.05, 0) is 6.42 Å². The van der Waals surface area contributed by atoms with Gasteiger partial charge in [-0.2, -0.15) is 5.26 Å². The quantitative estimate of drug-likeness (QED) is 0.371. The molecule has 5 N–H and O–H groups in total. The molecule has 14 heavy (non-hydrogen) atoms. The van der Waals surface area contributed by atoms with Gasteiger partial charge in [0, 0.05) is 12.5 Å². The Balaban J connectivity index is -0.000000205. The fraction of sp³-hybridized carbons (Fsp3) is 0.875. The molecule has 0 aliphatic rings. The van der Waals surface area contributed by atoms with Crippen molar-refractivity contribution in [2.24, 2.45) is 5.41 Å². The van der Waals surface area contributed by atoms with E-state index < -0.39 is 5.41 Å². The summed E-state index contributed by atoms with van der Waals surface area (Å²) < 4.78 is 0. The summed E-state index contributed by atoms with van der Waals surface area (Å²) >= 11 is 0. The lowest BCUT2D eigenvalue weighted by Gasteiger charge is -2.24. The van der Waals surface area contributed by atoms with Crippen LogP contribution < -0.4 is 0 Å². The van der Waals surface area contributed by atoms with Gasteiger partial charge in [0.15, 0.2) is 0 Å². The van der Waals surface area contributed by atoms with E-state index in [0.29, 0.717) is 6.42 Å². The van der Waals surface area contributed by atoms with Crippen molar-refractivity contribution in [1.29, 1.82) is 5.26 Å². The highest BCUT2D eigenvalue weighted by Crippen LogP contribution is 2.18.